The highest BCUT2D eigenvalue weighted by Crippen LogP contribution is 2.30. The lowest BCUT2D eigenvalue weighted by Gasteiger charge is -2.32. The Morgan fingerprint density at radius 1 is 1.00 bits per heavy atom. The molecule has 236 valence electrons. The van der Waals surface area contributed by atoms with Crippen molar-refractivity contribution >= 4 is 29.1 Å². The molecule has 3 heterocycles. The van der Waals surface area contributed by atoms with Crippen LogP contribution >= 0.6 is 11.6 Å². The Bertz CT molecular complexity index is 1850. The summed E-state index contributed by atoms with van der Waals surface area (Å²) >= 11 is 6.72. The zero-order valence-corrected chi connectivity index (χ0v) is 26.7. The van der Waals surface area contributed by atoms with Crippen molar-refractivity contribution in [2.24, 2.45) is 14.1 Å². The maximum atomic E-state index is 13.8. The number of nitrogens with one attached hydrogen (secondary N) is 2. The maximum absolute atomic E-state index is 13.8. The van der Waals surface area contributed by atoms with Crippen molar-refractivity contribution in [3.05, 3.63) is 113 Å². The quantitative estimate of drug-likeness (QED) is 0.232. The molecule has 0 saturated carbocycles. The van der Waals surface area contributed by atoms with Crippen LogP contribution in [0.3, 0.4) is 0 Å². The number of hydrogen-bond donors (Lipinski definition) is 2. The van der Waals surface area contributed by atoms with Gasteiger partial charge in [-0.15, -0.1) is 0 Å². The van der Waals surface area contributed by atoms with Crippen LogP contribution in [-0.4, -0.2) is 68.9 Å². The molecule has 1 aliphatic heterocycles. The summed E-state index contributed by atoms with van der Waals surface area (Å²) in [4.78, 5) is 33.5. The first-order valence-electron chi connectivity index (χ1n) is 15.1. The highest BCUT2D eigenvalue weighted by Gasteiger charge is 2.25. The predicted molar refractivity (Wildman–Crippen MR) is 179 cm³/mol. The van der Waals surface area contributed by atoms with E-state index in [0.717, 1.165) is 41.1 Å². The third kappa shape index (κ3) is 6.89. The van der Waals surface area contributed by atoms with Gasteiger partial charge < -0.3 is 19.9 Å². The van der Waals surface area contributed by atoms with E-state index in [1.54, 1.807) is 31.8 Å². The lowest BCUT2D eigenvalue weighted by Crippen LogP contribution is -2.45. The number of likely N-dealkylation sites (N-methyl/N-ethyl adjacent to an activating group) is 1. The van der Waals surface area contributed by atoms with Crippen LogP contribution in [0.1, 0.15) is 27.7 Å². The summed E-state index contributed by atoms with van der Waals surface area (Å²) in [5, 5.41) is 10.5. The minimum atomic E-state index is -0.925. The summed E-state index contributed by atoms with van der Waals surface area (Å²) in [5.74, 6) is -0.780. The van der Waals surface area contributed by atoms with Crippen molar-refractivity contribution in [1.29, 1.82) is 0 Å². The number of ether oxygens (including phenoxy) is 1. The molecule has 6 rings (SSSR count). The number of carbonyl (C=O) groups is 2. The van der Waals surface area contributed by atoms with E-state index in [-0.39, 0.29) is 18.4 Å². The Balaban J connectivity index is 1.26. The Kier molecular flexibility index (Phi) is 9.30. The van der Waals surface area contributed by atoms with Gasteiger partial charge in [0.25, 0.3) is 5.91 Å². The maximum Gasteiger partial charge on any atom is 0.270 e. The molecular weight excluding hydrogens is 602 g/mol. The molecule has 1 aliphatic rings. The third-order valence-electron chi connectivity index (χ3n) is 8.41. The number of morpholine rings is 1. The Morgan fingerprint density at radius 3 is 2.50 bits per heavy atom. The van der Waals surface area contributed by atoms with Gasteiger partial charge >= 0.3 is 0 Å². The fraction of sp³-hybridized carbons (Fsp3) is 0.257. The number of carbonyl (C=O) groups excluding carboxylic acids is 2. The van der Waals surface area contributed by atoms with Gasteiger partial charge in [-0.3, -0.25) is 19.2 Å². The van der Waals surface area contributed by atoms with Crippen molar-refractivity contribution in [1.82, 2.24) is 29.5 Å². The van der Waals surface area contributed by atoms with E-state index < -0.39 is 11.9 Å². The Hall–Kier alpha value is -4.77. The van der Waals surface area contributed by atoms with Crippen LogP contribution in [0.4, 0.5) is 5.69 Å². The van der Waals surface area contributed by atoms with Crippen molar-refractivity contribution in [2.75, 3.05) is 32.1 Å². The molecule has 3 aromatic carbocycles. The minimum absolute atomic E-state index is 0.175. The molecular formula is C35H36ClN7O3. The Labute approximate surface area is 273 Å². The number of aryl methyl sites for hydroxylation is 2. The fourth-order valence-electron chi connectivity index (χ4n) is 5.72. The van der Waals surface area contributed by atoms with E-state index in [1.807, 2.05) is 60.1 Å². The standard InChI is InChI=1S/C35H36ClN7O3/c1-41-15-16-46-21-33(41)26-6-4-5-24(17-26)25-9-12-29(36)27(18-25)19-30(40-35(45)31-13-14-38-43(31)3)34(44)39-28-10-7-23(8-11-28)32-20-37-22-42(32)2/h4-14,17-18,20,22,30,33H,15-16,19,21H2,1-3H3,(H,39,44)(H,40,45)/t30?,33-/m1/s1. The number of hydrogen-bond acceptors (Lipinski definition) is 6. The summed E-state index contributed by atoms with van der Waals surface area (Å²) in [5.41, 5.74) is 6.76. The van der Waals surface area contributed by atoms with Gasteiger partial charge in [0.1, 0.15) is 11.7 Å². The second-order valence-corrected chi connectivity index (χ2v) is 11.9. The summed E-state index contributed by atoms with van der Waals surface area (Å²) in [6.07, 6.45) is 5.24. The van der Waals surface area contributed by atoms with Gasteiger partial charge in [-0.1, -0.05) is 48.0 Å². The van der Waals surface area contributed by atoms with E-state index in [9.17, 15) is 9.59 Å². The molecule has 2 amide bonds. The van der Waals surface area contributed by atoms with Crippen molar-refractivity contribution in [3.63, 3.8) is 0 Å². The molecule has 46 heavy (non-hydrogen) atoms. The molecule has 10 nitrogen and oxygen atoms in total. The molecule has 1 fully saturated rings. The molecule has 2 aromatic heterocycles. The predicted octanol–water partition coefficient (Wildman–Crippen LogP) is 5.12. The van der Waals surface area contributed by atoms with E-state index >= 15 is 0 Å². The van der Waals surface area contributed by atoms with E-state index in [4.69, 9.17) is 16.3 Å². The first kappa shape index (κ1) is 31.2. The van der Waals surface area contributed by atoms with Gasteiger partial charge in [0, 0.05) is 44.0 Å². The summed E-state index contributed by atoms with van der Waals surface area (Å²) in [6, 6.07) is 22.5. The third-order valence-corrected chi connectivity index (χ3v) is 8.78. The smallest absolute Gasteiger partial charge is 0.270 e. The van der Waals surface area contributed by atoms with E-state index in [0.29, 0.717) is 23.0 Å². The van der Waals surface area contributed by atoms with Gasteiger partial charge in [-0.25, -0.2) is 4.98 Å². The lowest BCUT2D eigenvalue weighted by atomic mass is 9.96. The molecule has 2 N–H and O–H groups in total. The SMILES string of the molecule is CN1CCOC[C@@H]1c1cccc(-c2ccc(Cl)c(CC(NC(=O)c3ccnn3C)C(=O)Nc3ccc(-c4cncn4C)cc3)c2)c1. The molecule has 2 atom stereocenters. The molecule has 0 spiro atoms. The number of nitrogens with zero attached hydrogens (tertiary/aromatic N) is 5. The average Bonchev–Trinajstić information content (AvgIpc) is 3.70. The molecule has 1 unspecified atom stereocenters. The largest absolute Gasteiger partial charge is 0.378 e. The van der Waals surface area contributed by atoms with E-state index in [2.05, 4.69) is 50.9 Å². The highest BCUT2D eigenvalue weighted by atomic mass is 35.5. The van der Waals surface area contributed by atoms with Crippen LogP contribution in [0.25, 0.3) is 22.4 Å². The number of anilines is 1. The van der Waals surface area contributed by atoms with Crippen LogP contribution in [0.15, 0.2) is 91.5 Å². The van der Waals surface area contributed by atoms with Gasteiger partial charge in [0.2, 0.25) is 5.91 Å². The van der Waals surface area contributed by atoms with Gasteiger partial charge in [0.05, 0.1) is 37.5 Å². The van der Waals surface area contributed by atoms with Crippen molar-refractivity contribution < 1.29 is 14.3 Å². The Morgan fingerprint density at radius 2 is 1.78 bits per heavy atom. The fourth-order valence-corrected chi connectivity index (χ4v) is 5.92. The normalized spacial score (nSPS) is 15.8. The van der Waals surface area contributed by atoms with Gasteiger partial charge in [-0.2, -0.15) is 5.10 Å². The van der Waals surface area contributed by atoms with Crippen LogP contribution in [0, 0.1) is 0 Å². The number of amides is 2. The second kappa shape index (κ2) is 13.7. The average molecular weight is 638 g/mol. The summed E-state index contributed by atoms with van der Waals surface area (Å²) in [6.45, 7) is 2.25. The minimum Gasteiger partial charge on any atom is -0.378 e. The monoisotopic (exact) mass is 637 g/mol. The van der Waals surface area contributed by atoms with Gasteiger partial charge in [-0.05, 0) is 71.3 Å². The van der Waals surface area contributed by atoms with Crippen molar-refractivity contribution in [3.8, 4) is 22.4 Å². The number of aromatic nitrogens is 4. The number of rotatable bonds is 9. The zero-order valence-electron chi connectivity index (χ0n) is 26.0. The summed E-state index contributed by atoms with van der Waals surface area (Å²) in [7, 11) is 5.72. The number of benzene rings is 3. The van der Waals surface area contributed by atoms with Gasteiger partial charge in [0.15, 0.2) is 0 Å². The van der Waals surface area contributed by atoms with Crippen LogP contribution in [0.5, 0.6) is 0 Å². The van der Waals surface area contributed by atoms with E-state index in [1.165, 1.54) is 10.2 Å². The van der Waals surface area contributed by atoms with Crippen LogP contribution in [0.2, 0.25) is 5.02 Å². The molecule has 11 heteroatoms. The molecule has 0 bridgehead atoms. The number of imidazole rings is 1. The number of halogens is 1. The summed E-state index contributed by atoms with van der Waals surface area (Å²) < 4.78 is 9.14. The first-order chi connectivity index (χ1) is 22.3. The van der Waals surface area contributed by atoms with Crippen LogP contribution < -0.4 is 10.6 Å². The second-order valence-electron chi connectivity index (χ2n) is 11.5. The molecule has 0 radical (unpaired) electrons. The molecule has 1 saturated heterocycles. The molecule has 0 aliphatic carbocycles. The highest BCUT2D eigenvalue weighted by molar-refractivity contribution is 6.31. The first-order valence-corrected chi connectivity index (χ1v) is 15.5. The zero-order chi connectivity index (χ0) is 32.2. The topological polar surface area (TPSA) is 106 Å². The molecule has 5 aromatic rings. The van der Waals surface area contributed by atoms with Crippen molar-refractivity contribution in [2.45, 2.75) is 18.5 Å². The lowest BCUT2D eigenvalue weighted by molar-refractivity contribution is -0.118. The van der Waals surface area contributed by atoms with Crippen LogP contribution in [-0.2, 0) is 30.0 Å².